The fourth-order valence-corrected chi connectivity index (χ4v) is 2.89. The Morgan fingerprint density at radius 2 is 1.88 bits per heavy atom. The third-order valence-electron chi connectivity index (χ3n) is 4.35. The van der Waals surface area contributed by atoms with Crippen molar-refractivity contribution in [1.82, 2.24) is 15.1 Å². The van der Waals surface area contributed by atoms with Crippen LogP contribution in [0.5, 0.6) is 5.75 Å². The number of piperazine rings is 1. The Morgan fingerprint density at radius 3 is 2.56 bits per heavy atom. The minimum absolute atomic E-state index is 0.0515. The number of aryl methyl sites for hydroxylation is 1. The zero-order chi connectivity index (χ0) is 18.1. The number of rotatable bonds is 8. The first-order valence-corrected chi connectivity index (χ1v) is 9.05. The van der Waals surface area contributed by atoms with Gasteiger partial charge in [0.1, 0.15) is 5.75 Å². The maximum absolute atomic E-state index is 12.3. The summed E-state index contributed by atoms with van der Waals surface area (Å²) in [6, 6.07) is 7.90. The molecule has 1 aromatic rings. The molecular formula is C19H29N3O3. The number of nitrogens with one attached hydrogen (secondary N) is 1. The number of para-hydroxylation sites is 1. The summed E-state index contributed by atoms with van der Waals surface area (Å²) in [6.45, 7) is 8.44. The lowest BCUT2D eigenvalue weighted by molar-refractivity contribution is -0.133. The minimum atomic E-state index is 0.0515. The van der Waals surface area contributed by atoms with E-state index < -0.39 is 0 Å². The van der Waals surface area contributed by atoms with Crippen molar-refractivity contribution in [2.45, 2.75) is 26.7 Å². The van der Waals surface area contributed by atoms with Gasteiger partial charge in [0.25, 0.3) is 0 Å². The molecule has 0 atom stereocenters. The fourth-order valence-electron chi connectivity index (χ4n) is 2.89. The first-order chi connectivity index (χ1) is 12.1. The van der Waals surface area contributed by atoms with Gasteiger partial charge in [-0.05, 0) is 31.9 Å². The quantitative estimate of drug-likeness (QED) is 0.723. The highest BCUT2D eigenvalue weighted by Crippen LogP contribution is 2.16. The number of likely N-dealkylation sites (N-methyl/N-ethyl adjacent to an activating group) is 1. The lowest BCUT2D eigenvalue weighted by Crippen LogP contribution is -2.51. The van der Waals surface area contributed by atoms with Gasteiger partial charge in [-0.15, -0.1) is 0 Å². The van der Waals surface area contributed by atoms with Crippen LogP contribution in [0, 0.1) is 6.92 Å². The molecule has 1 aromatic carbocycles. The highest BCUT2D eigenvalue weighted by Gasteiger charge is 2.21. The van der Waals surface area contributed by atoms with Crippen LogP contribution in [0.3, 0.4) is 0 Å². The Bertz CT molecular complexity index is 569. The molecule has 25 heavy (non-hydrogen) atoms. The molecule has 0 spiro atoms. The zero-order valence-electron chi connectivity index (χ0n) is 15.3. The van der Waals surface area contributed by atoms with Crippen LogP contribution in [0.15, 0.2) is 24.3 Å². The molecule has 2 amide bonds. The molecule has 6 heteroatoms. The van der Waals surface area contributed by atoms with E-state index in [2.05, 4.69) is 10.2 Å². The van der Waals surface area contributed by atoms with E-state index in [0.717, 1.165) is 24.4 Å². The van der Waals surface area contributed by atoms with Gasteiger partial charge in [0.05, 0.1) is 13.2 Å². The molecular weight excluding hydrogens is 318 g/mol. The van der Waals surface area contributed by atoms with Crippen molar-refractivity contribution in [1.29, 1.82) is 0 Å². The van der Waals surface area contributed by atoms with Crippen LogP contribution in [0.4, 0.5) is 0 Å². The van der Waals surface area contributed by atoms with Crippen molar-refractivity contribution in [2.75, 3.05) is 45.9 Å². The predicted molar refractivity (Wildman–Crippen MR) is 97.6 cm³/mol. The van der Waals surface area contributed by atoms with Crippen LogP contribution in [0.2, 0.25) is 0 Å². The topological polar surface area (TPSA) is 61.9 Å². The molecule has 2 rings (SSSR count). The van der Waals surface area contributed by atoms with Gasteiger partial charge >= 0.3 is 0 Å². The summed E-state index contributed by atoms with van der Waals surface area (Å²) < 4.78 is 5.73. The number of nitrogens with zero attached hydrogens (tertiary/aromatic N) is 2. The predicted octanol–water partition coefficient (Wildman–Crippen LogP) is 1.43. The second kappa shape index (κ2) is 10.0. The molecule has 1 heterocycles. The molecule has 0 aliphatic carbocycles. The Labute approximate surface area is 150 Å². The van der Waals surface area contributed by atoms with Crippen LogP contribution in [0.25, 0.3) is 0 Å². The van der Waals surface area contributed by atoms with E-state index >= 15 is 0 Å². The molecule has 0 aromatic heterocycles. The van der Waals surface area contributed by atoms with Gasteiger partial charge in [-0.25, -0.2) is 0 Å². The van der Waals surface area contributed by atoms with Crippen LogP contribution < -0.4 is 10.1 Å². The molecule has 1 aliphatic heterocycles. The van der Waals surface area contributed by atoms with Crippen molar-refractivity contribution >= 4 is 11.8 Å². The number of carbonyl (C=O) groups excluding carboxylic acids is 2. The number of amides is 2. The van der Waals surface area contributed by atoms with Crippen molar-refractivity contribution in [3.05, 3.63) is 29.8 Å². The van der Waals surface area contributed by atoms with Gasteiger partial charge in [-0.1, -0.05) is 18.2 Å². The summed E-state index contributed by atoms with van der Waals surface area (Å²) in [5, 5.41) is 2.80. The molecule has 1 N–H and O–H groups in total. The molecule has 0 radical (unpaired) electrons. The molecule has 0 bridgehead atoms. The molecule has 0 unspecified atom stereocenters. The van der Waals surface area contributed by atoms with Gasteiger partial charge in [-0.3, -0.25) is 14.5 Å². The first kappa shape index (κ1) is 19.2. The molecule has 6 nitrogen and oxygen atoms in total. The normalized spacial score (nSPS) is 15.0. The van der Waals surface area contributed by atoms with Crippen LogP contribution >= 0.6 is 0 Å². The Hall–Kier alpha value is -2.08. The summed E-state index contributed by atoms with van der Waals surface area (Å²) in [4.78, 5) is 27.9. The lowest BCUT2D eigenvalue weighted by atomic mass is 10.2. The monoisotopic (exact) mass is 347 g/mol. The fraction of sp³-hybridized carbons (Fsp3) is 0.579. The van der Waals surface area contributed by atoms with Gasteiger partial charge < -0.3 is 15.0 Å². The zero-order valence-corrected chi connectivity index (χ0v) is 15.3. The van der Waals surface area contributed by atoms with Crippen molar-refractivity contribution in [2.24, 2.45) is 0 Å². The number of ether oxygens (including phenoxy) is 1. The van der Waals surface area contributed by atoms with E-state index in [-0.39, 0.29) is 11.8 Å². The summed E-state index contributed by atoms with van der Waals surface area (Å²) in [6.07, 6.45) is 1.22. The van der Waals surface area contributed by atoms with E-state index in [9.17, 15) is 9.59 Å². The number of benzene rings is 1. The van der Waals surface area contributed by atoms with E-state index in [1.165, 1.54) is 0 Å². The summed E-state index contributed by atoms with van der Waals surface area (Å²) in [5.74, 6) is 1.11. The molecule has 1 saturated heterocycles. The van der Waals surface area contributed by atoms with Crippen LogP contribution in [-0.4, -0.2) is 67.5 Å². The second-order valence-electron chi connectivity index (χ2n) is 6.33. The Morgan fingerprint density at radius 1 is 1.16 bits per heavy atom. The van der Waals surface area contributed by atoms with E-state index in [1.807, 2.05) is 43.0 Å². The largest absolute Gasteiger partial charge is 0.493 e. The van der Waals surface area contributed by atoms with Crippen LogP contribution in [0.1, 0.15) is 25.3 Å². The number of hydrogen-bond acceptors (Lipinski definition) is 4. The molecule has 1 aliphatic rings. The van der Waals surface area contributed by atoms with Crippen molar-refractivity contribution in [3.8, 4) is 5.75 Å². The summed E-state index contributed by atoms with van der Waals surface area (Å²) in [5.41, 5.74) is 1.11. The van der Waals surface area contributed by atoms with Crippen molar-refractivity contribution < 1.29 is 14.3 Å². The number of hydrogen-bond donors (Lipinski definition) is 1. The molecule has 0 saturated carbocycles. The highest BCUT2D eigenvalue weighted by atomic mass is 16.5. The number of carbonyl (C=O) groups is 2. The summed E-state index contributed by atoms with van der Waals surface area (Å²) >= 11 is 0. The maximum Gasteiger partial charge on any atom is 0.234 e. The van der Waals surface area contributed by atoms with Gasteiger partial charge in [-0.2, -0.15) is 0 Å². The highest BCUT2D eigenvalue weighted by molar-refractivity contribution is 5.78. The van der Waals surface area contributed by atoms with Crippen LogP contribution in [-0.2, 0) is 9.59 Å². The standard InChI is InChI=1S/C19H29N3O3/c1-3-20-18(23)15-21-10-12-22(13-11-21)19(24)9-6-14-25-17-8-5-4-7-16(17)2/h4-5,7-8H,3,6,9-15H2,1-2H3,(H,20,23). The smallest absolute Gasteiger partial charge is 0.234 e. The average Bonchev–Trinajstić information content (AvgIpc) is 2.61. The molecule has 138 valence electrons. The average molecular weight is 347 g/mol. The molecule has 1 fully saturated rings. The van der Waals surface area contributed by atoms with E-state index in [1.54, 1.807) is 0 Å². The van der Waals surface area contributed by atoms with Gasteiger partial charge in [0.2, 0.25) is 11.8 Å². The third kappa shape index (κ3) is 6.38. The van der Waals surface area contributed by atoms with Gasteiger partial charge in [0.15, 0.2) is 0 Å². The summed E-state index contributed by atoms with van der Waals surface area (Å²) in [7, 11) is 0. The van der Waals surface area contributed by atoms with Gasteiger partial charge in [0, 0.05) is 39.1 Å². The maximum atomic E-state index is 12.3. The third-order valence-corrected chi connectivity index (χ3v) is 4.35. The van der Waals surface area contributed by atoms with E-state index in [4.69, 9.17) is 4.74 Å². The van der Waals surface area contributed by atoms with Crippen molar-refractivity contribution in [3.63, 3.8) is 0 Å². The minimum Gasteiger partial charge on any atom is -0.493 e. The second-order valence-corrected chi connectivity index (χ2v) is 6.33. The first-order valence-electron chi connectivity index (χ1n) is 9.05. The van der Waals surface area contributed by atoms with E-state index in [0.29, 0.717) is 45.6 Å². The SMILES string of the molecule is CCNC(=O)CN1CCN(C(=O)CCCOc2ccccc2C)CC1. The lowest BCUT2D eigenvalue weighted by Gasteiger charge is -2.34. The Balaban J connectivity index is 1.62. The Kier molecular flexibility index (Phi) is 7.73.